The van der Waals surface area contributed by atoms with Gasteiger partial charge in [0, 0.05) is 0 Å². The Morgan fingerprint density at radius 2 is 1.78 bits per heavy atom. The number of rotatable bonds is 10. The maximum atomic E-state index is 6.08. The molecule has 2 aromatic rings. The van der Waals surface area contributed by atoms with Gasteiger partial charge in [-0.05, 0) is 49.1 Å². The Hall–Kier alpha value is -3.00. The molecule has 2 aromatic carbocycles. The summed E-state index contributed by atoms with van der Waals surface area (Å²) in [6.07, 6.45) is 8.57. The van der Waals surface area contributed by atoms with Gasteiger partial charge >= 0.3 is 0 Å². The van der Waals surface area contributed by atoms with Gasteiger partial charge in [0.15, 0.2) is 11.5 Å². The van der Waals surface area contributed by atoms with Gasteiger partial charge in [-0.1, -0.05) is 79.4 Å². The van der Waals surface area contributed by atoms with Crippen LogP contribution in [0.3, 0.4) is 0 Å². The Kier molecular flexibility index (Phi) is 8.18. The molecule has 0 aromatic heterocycles. The van der Waals surface area contributed by atoms with Crippen molar-refractivity contribution >= 4 is 0 Å². The Morgan fingerprint density at radius 1 is 1.00 bits per heavy atom. The SMILES string of the molecule is C=C/C(=C\C=C/C)COc1ccc(CC(=C)C)cc1OCc1ccccc1. The molecule has 0 N–H and O–H groups in total. The lowest BCUT2D eigenvalue weighted by Crippen LogP contribution is -2.03. The van der Waals surface area contributed by atoms with Gasteiger partial charge in [0.25, 0.3) is 0 Å². The molecular weight excluding hydrogens is 332 g/mol. The molecule has 0 saturated carbocycles. The number of ether oxygens (including phenoxy) is 2. The highest BCUT2D eigenvalue weighted by molar-refractivity contribution is 5.44. The number of allylic oxidation sites excluding steroid dienone is 4. The highest BCUT2D eigenvalue weighted by atomic mass is 16.5. The molecule has 27 heavy (non-hydrogen) atoms. The normalized spacial score (nSPS) is 11.4. The molecule has 0 radical (unpaired) electrons. The first kappa shape index (κ1) is 20.3. The number of hydrogen-bond donors (Lipinski definition) is 0. The molecule has 0 spiro atoms. The monoisotopic (exact) mass is 360 g/mol. The molecule has 0 amide bonds. The third kappa shape index (κ3) is 7.02. The van der Waals surface area contributed by atoms with Gasteiger partial charge < -0.3 is 9.47 Å². The molecule has 2 rings (SSSR count). The fourth-order valence-corrected chi connectivity index (χ4v) is 2.53. The second-order valence-electron chi connectivity index (χ2n) is 6.45. The van der Waals surface area contributed by atoms with E-state index in [0.29, 0.717) is 13.2 Å². The highest BCUT2D eigenvalue weighted by Gasteiger charge is 2.08. The van der Waals surface area contributed by atoms with E-state index in [0.717, 1.165) is 40.2 Å². The van der Waals surface area contributed by atoms with Crippen LogP contribution in [-0.2, 0) is 13.0 Å². The van der Waals surface area contributed by atoms with Crippen LogP contribution in [0.2, 0.25) is 0 Å². The third-order valence-corrected chi connectivity index (χ3v) is 3.91. The lowest BCUT2D eigenvalue weighted by Gasteiger charge is -2.15. The summed E-state index contributed by atoms with van der Waals surface area (Å²) in [5.41, 5.74) is 4.40. The first-order valence-electron chi connectivity index (χ1n) is 9.13. The Labute approximate surface area is 163 Å². The molecular formula is C25H28O2. The molecule has 0 aliphatic carbocycles. The standard InChI is InChI=1S/C25H28O2/c1-5-7-11-21(6-2)18-26-24-15-14-23(16-20(3)4)17-25(24)27-19-22-12-9-8-10-13-22/h5-15,17H,2-3,16,18-19H2,1,4H3/b7-5-,21-11+. The number of hydrogen-bond acceptors (Lipinski definition) is 2. The topological polar surface area (TPSA) is 18.5 Å². The number of benzene rings is 2. The Bertz CT molecular complexity index is 813. The molecule has 2 nitrogen and oxygen atoms in total. The zero-order valence-electron chi connectivity index (χ0n) is 16.3. The van der Waals surface area contributed by atoms with Crippen LogP contribution in [0.5, 0.6) is 11.5 Å². The second kappa shape index (κ2) is 10.9. The maximum absolute atomic E-state index is 6.08. The van der Waals surface area contributed by atoms with E-state index in [2.05, 4.69) is 19.2 Å². The van der Waals surface area contributed by atoms with E-state index in [9.17, 15) is 0 Å². The lowest BCUT2D eigenvalue weighted by atomic mass is 10.1. The zero-order valence-corrected chi connectivity index (χ0v) is 16.3. The van der Waals surface area contributed by atoms with Crippen molar-refractivity contribution in [1.29, 1.82) is 0 Å². The van der Waals surface area contributed by atoms with Crippen molar-refractivity contribution in [3.63, 3.8) is 0 Å². The van der Waals surface area contributed by atoms with E-state index in [1.54, 1.807) is 6.08 Å². The predicted octanol–water partition coefficient (Wildman–Crippen LogP) is 6.45. The molecule has 0 atom stereocenters. The first-order valence-corrected chi connectivity index (χ1v) is 9.13. The van der Waals surface area contributed by atoms with Crippen LogP contribution < -0.4 is 9.47 Å². The molecule has 0 unspecified atom stereocenters. The fourth-order valence-electron chi connectivity index (χ4n) is 2.53. The van der Waals surface area contributed by atoms with Crippen molar-refractivity contribution in [3.8, 4) is 11.5 Å². The Morgan fingerprint density at radius 3 is 2.44 bits per heavy atom. The average Bonchev–Trinajstić information content (AvgIpc) is 2.68. The minimum atomic E-state index is 0.440. The highest BCUT2D eigenvalue weighted by Crippen LogP contribution is 2.30. The van der Waals surface area contributed by atoms with Crippen molar-refractivity contribution in [1.82, 2.24) is 0 Å². The van der Waals surface area contributed by atoms with E-state index in [-0.39, 0.29) is 0 Å². The minimum absolute atomic E-state index is 0.440. The van der Waals surface area contributed by atoms with Crippen LogP contribution in [-0.4, -0.2) is 6.61 Å². The van der Waals surface area contributed by atoms with Gasteiger partial charge in [-0.15, -0.1) is 0 Å². The second-order valence-corrected chi connectivity index (χ2v) is 6.45. The summed E-state index contributed by atoms with van der Waals surface area (Å²) in [4.78, 5) is 0. The van der Waals surface area contributed by atoms with Crippen LogP contribution in [0.1, 0.15) is 25.0 Å². The fraction of sp³-hybridized carbons (Fsp3) is 0.200. The minimum Gasteiger partial charge on any atom is -0.485 e. The molecule has 0 bridgehead atoms. The van der Waals surface area contributed by atoms with E-state index in [1.165, 1.54) is 0 Å². The quantitative estimate of drug-likeness (QED) is 0.358. The summed E-state index contributed by atoms with van der Waals surface area (Å²) in [6.45, 7) is 12.8. The van der Waals surface area contributed by atoms with E-state index >= 15 is 0 Å². The van der Waals surface area contributed by atoms with Crippen LogP contribution >= 0.6 is 0 Å². The van der Waals surface area contributed by atoms with Crippen molar-refractivity contribution in [2.45, 2.75) is 26.9 Å². The summed E-state index contributed by atoms with van der Waals surface area (Å²) < 4.78 is 12.1. The molecule has 0 saturated heterocycles. The van der Waals surface area contributed by atoms with Gasteiger partial charge in [0.05, 0.1) is 0 Å². The summed E-state index contributed by atoms with van der Waals surface area (Å²) >= 11 is 0. The van der Waals surface area contributed by atoms with Gasteiger partial charge in [0.2, 0.25) is 0 Å². The lowest BCUT2D eigenvalue weighted by molar-refractivity contribution is 0.273. The van der Waals surface area contributed by atoms with Crippen LogP contribution in [0, 0.1) is 0 Å². The largest absolute Gasteiger partial charge is 0.485 e. The summed E-state index contributed by atoms with van der Waals surface area (Å²) in [7, 11) is 0. The molecule has 140 valence electrons. The zero-order chi connectivity index (χ0) is 19.5. The summed E-state index contributed by atoms with van der Waals surface area (Å²) in [5, 5.41) is 0. The van der Waals surface area contributed by atoms with E-state index in [1.807, 2.05) is 74.5 Å². The van der Waals surface area contributed by atoms with Gasteiger partial charge in [0.1, 0.15) is 13.2 Å². The van der Waals surface area contributed by atoms with Gasteiger partial charge in [-0.25, -0.2) is 0 Å². The summed E-state index contributed by atoms with van der Waals surface area (Å²) in [6, 6.07) is 16.2. The van der Waals surface area contributed by atoms with Crippen molar-refractivity contribution in [3.05, 3.63) is 108 Å². The van der Waals surface area contributed by atoms with Gasteiger partial charge in [-0.3, -0.25) is 0 Å². The van der Waals surface area contributed by atoms with Crippen LogP contribution in [0.25, 0.3) is 0 Å². The first-order chi connectivity index (χ1) is 13.1. The average molecular weight is 360 g/mol. The third-order valence-electron chi connectivity index (χ3n) is 3.91. The molecule has 2 heteroatoms. The Balaban J connectivity index is 2.18. The van der Waals surface area contributed by atoms with Crippen molar-refractivity contribution < 1.29 is 9.47 Å². The van der Waals surface area contributed by atoms with Crippen molar-refractivity contribution in [2.24, 2.45) is 0 Å². The van der Waals surface area contributed by atoms with Crippen LogP contribution in [0.15, 0.2) is 97.1 Å². The van der Waals surface area contributed by atoms with E-state index in [4.69, 9.17) is 9.47 Å². The molecule has 0 aliphatic rings. The van der Waals surface area contributed by atoms with Gasteiger partial charge in [-0.2, -0.15) is 0 Å². The van der Waals surface area contributed by atoms with Crippen molar-refractivity contribution in [2.75, 3.05) is 6.61 Å². The molecule has 0 aliphatic heterocycles. The summed E-state index contributed by atoms with van der Waals surface area (Å²) in [5.74, 6) is 1.47. The van der Waals surface area contributed by atoms with E-state index < -0.39 is 0 Å². The maximum Gasteiger partial charge on any atom is 0.161 e. The molecule has 0 fully saturated rings. The predicted molar refractivity (Wildman–Crippen MR) is 114 cm³/mol. The molecule has 0 heterocycles. The smallest absolute Gasteiger partial charge is 0.161 e. The van der Waals surface area contributed by atoms with Crippen LogP contribution in [0.4, 0.5) is 0 Å².